The van der Waals surface area contributed by atoms with Crippen molar-refractivity contribution in [2.24, 2.45) is 10.9 Å². The van der Waals surface area contributed by atoms with E-state index in [1.807, 2.05) is 0 Å². The third-order valence-electron chi connectivity index (χ3n) is 5.74. The average Bonchev–Trinajstić information content (AvgIpc) is 3.42. The highest BCUT2D eigenvalue weighted by atomic mass is 127. The van der Waals surface area contributed by atoms with Gasteiger partial charge in [-0.05, 0) is 38.1 Å². The number of carbonyl (C=O) groups excluding carboxylic acids is 1. The van der Waals surface area contributed by atoms with Gasteiger partial charge in [-0.1, -0.05) is 18.9 Å². The van der Waals surface area contributed by atoms with Crippen molar-refractivity contribution >= 4 is 47.2 Å². The lowest BCUT2D eigenvalue weighted by Gasteiger charge is -2.35. The summed E-state index contributed by atoms with van der Waals surface area (Å²) in [5.41, 5.74) is 0. The number of nitrogens with zero attached hydrogens (tertiary/aromatic N) is 3. The van der Waals surface area contributed by atoms with E-state index < -0.39 is 0 Å². The molecular weight excluding hydrogens is 497 g/mol. The number of rotatable bonds is 7. The van der Waals surface area contributed by atoms with Gasteiger partial charge in [-0.3, -0.25) is 14.7 Å². The van der Waals surface area contributed by atoms with Crippen molar-refractivity contribution in [2.75, 3.05) is 45.8 Å². The van der Waals surface area contributed by atoms with Gasteiger partial charge in [0.15, 0.2) is 5.96 Å². The van der Waals surface area contributed by atoms with Crippen LogP contribution in [0.2, 0.25) is 0 Å². The molecule has 2 aliphatic rings. The summed E-state index contributed by atoms with van der Waals surface area (Å²) in [7, 11) is 0. The number of halogens is 1. The summed E-state index contributed by atoms with van der Waals surface area (Å²) >= 11 is 1.76. The predicted octanol–water partition coefficient (Wildman–Crippen LogP) is 3.32. The van der Waals surface area contributed by atoms with Gasteiger partial charge in [0.25, 0.3) is 0 Å². The maximum atomic E-state index is 12.6. The lowest BCUT2D eigenvalue weighted by molar-refractivity contribution is -0.137. The molecule has 29 heavy (non-hydrogen) atoms. The molecule has 0 radical (unpaired) electrons. The minimum Gasteiger partial charge on any atom is -0.357 e. The molecule has 1 aromatic heterocycles. The third kappa shape index (κ3) is 7.40. The van der Waals surface area contributed by atoms with E-state index in [1.165, 1.54) is 17.7 Å². The molecule has 1 saturated carbocycles. The summed E-state index contributed by atoms with van der Waals surface area (Å²) < 4.78 is 0. The van der Waals surface area contributed by atoms with Crippen LogP contribution in [0.15, 0.2) is 22.5 Å². The lowest BCUT2D eigenvalue weighted by Crippen LogP contribution is -2.50. The molecule has 0 bridgehead atoms. The topological polar surface area (TPSA) is 60.0 Å². The Morgan fingerprint density at radius 3 is 2.62 bits per heavy atom. The number of hydrogen-bond acceptors (Lipinski definition) is 4. The second-order valence-electron chi connectivity index (χ2n) is 7.79. The van der Waals surface area contributed by atoms with Gasteiger partial charge in [0, 0.05) is 50.1 Å². The van der Waals surface area contributed by atoms with Gasteiger partial charge in [-0.25, -0.2) is 0 Å². The highest BCUT2D eigenvalue weighted by Gasteiger charge is 2.29. The highest BCUT2D eigenvalue weighted by Crippen LogP contribution is 2.26. The van der Waals surface area contributed by atoms with Crippen LogP contribution < -0.4 is 10.6 Å². The van der Waals surface area contributed by atoms with Gasteiger partial charge in [0.2, 0.25) is 5.91 Å². The molecule has 1 atom stereocenters. The summed E-state index contributed by atoms with van der Waals surface area (Å²) in [5, 5.41) is 8.93. The monoisotopic (exact) mass is 533 g/mol. The predicted molar refractivity (Wildman–Crippen MR) is 132 cm³/mol. The van der Waals surface area contributed by atoms with Crippen molar-refractivity contribution in [2.45, 2.75) is 45.6 Å². The molecule has 2 heterocycles. The maximum Gasteiger partial charge on any atom is 0.225 e. The summed E-state index contributed by atoms with van der Waals surface area (Å²) in [6, 6.07) is 4.49. The quantitative estimate of drug-likeness (QED) is 0.321. The molecule has 1 saturated heterocycles. The minimum absolute atomic E-state index is 0. The summed E-state index contributed by atoms with van der Waals surface area (Å²) in [4.78, 5) is 23.1. The number of amides is 1. The zero-order valence-corrected chi connectivity index (χ0v) is 20.9. The van der Waals surface area contributed by atoms with Crippen molar-refractivity contribution in [1.82, 2.24) is 20.4 Å². The van der Waals surface area contributed by atoms with Crippen molar-refractivity contribution in [3.05, 3.63) is 22.4 Å². The largest absolute Gasteiger partial charge is 0.357 e. The van der Waals surface area contributed by atoms with Crippen LogP contribution >= 0.6 is 35.3 Å². The Labute approximate surface area is 196 Å². The molecule has 2 N–H and O–H groups in total. The number of hydrogen-bond donors (Lipinski definition) is 2. The fourth-order valence-corrected chi connectivity index (χ4v) is 4.79. The van der Waals surface area contributed by atoms with E-state index in [-0.39, 0.29) is 30.0 Å². The summed E-state index contributed by atoms with van der Waals surface area (Å²) in [6.07, 6.45) is 4.64. The van der Waals surface area contributed by atoms with E-state index >= 15 is 0 Å². The molecule has 1 aromatic rings. The SMILES string of the molecule is CCNC(=NCCN1CCN(C(=O)C2CCCC2)CC1)NC(C)c1cccs1.I. The second-order valence-corrected chi connectivity index (χ2v) is 8.77. The van der Waals surface area contributed by atoms with E-state index in [1.54, 1.807) is 11.3 Å². The molecule has 3 rings (SSSR count). The molecule has 0 spiro atoms. The van der Waals surface area contributed by atoms with E-state index in [0.29, 0.717) is 11.8 Å². The molecule has 2 fully saturated rings. The Kier molecular flexibility index (Phi) is 10.7. The van der Waals surface area contributed by atoms with Crippen LogP contribution in [0.4, 0.5) is 0 Å². The Morgan fingerprint density at radius 2 is 2.00 bits per heavy atom. The smallest absolute Gasteiger partial charge is 0.225 e. The number of thiophene rings is 1. The van der Waals surface area contributed by atoms with Crippen LogP contribution in [0.5, 0.6) is 0 Å². The fraction of sp³-hybridized carbons (Fsp3) is 0.714. The van der Waals surface area contributed by atoms with Gasteiger partial charge in [0.05, 0.1) is 12.6 Å². The number of piperazine rings is 1. The first-order valence-electron chi connectivity index (χ1n) is 10.8. The van der Waals surface area contributed by atoms with Crippen LogP contribution in [0.25, 0.3) is 0 Å². The molecule has 6 nitrogen and oxygen atoms in total. The molecule has 1 aliphatic carbocycles. The first-order valence-corrected chi connectivity index (χ1v) is 11.6. The first kappa shape index (κ1) is 24.4. The number of guanidine groups is 1. The third-order valence-corrected chi connectivity index (χ3v) is 6.80. The van der Waals surface area contributed by atoms with Crippen LogP contribution in [-0.4, -0.2) is 67.5 Å². The van der Waals surface area contributed by atoms with E-state index in [0.717, 1.165) is 64.6 Å². The average molecular weight is 534 g/mol. The zero-order chi connectivity index (χ0) is 19.8. The van der Waals surface area contributed by atoms with Crippen LogP contribution in [-0.2, 0) is 4.79 Å². The number of nitrogens with one attached hydrogen (secondary N) is 2. The second kappa shape index (κ2) is 12.7. The van der Waals surface area contributed by atoms with Gasteiger partial charge in [-0.2, -0.15) is 0 Å². The van der Waals surface area contributed by atoms with Crippen LogP contribution in [0, 0.1) is 5.92 Å². The van der Waals surface area contributed by atoms with E-state index in [4.69, 9.17) is 4.99 Å². The van der Waals surface area contributed by atoms with Crippen LogP contribution in [0.1, 0.15) is 50.4 Å². The molecule has 164 valence electrons. The minimum atomic E-state index is 0. The van der Waals surface area contributed by atoms with Crippen LogP contribution in [0.3, 0.4) is 0 Å². The summed E-state index contributed by atoms with van der Waals surface area (Å²) in [5.74, 6) is 1.57. The Hall–Kier alpha value is -0.870. The molecule has 1 amide bonds. The summed E-state index contributed by atoms with van der Waals surface area (Å²) in [6.45, 7) is 10.5. The molecular formula is C21H36IN5OS. The standard InChI is InChI=1S/C21H35N5OS.HI/c1-3-22-21(24-17(2)19-9-6-16-28-19)23-10-11-25-12-14-26(15-13-25)20(27)18-7-4-5-8-18;/h6,9,16-18H,3-5,7-8,10-15H2,1-2H3,(H2,22,23,24);1H. The lowest BCUT2D eigenvalue weighted by atomic mass is 10.1. The van der Waals surface area contributed by atoms with Gasteiger partial charge < -0.3 is 15.5 Å². The van der Waals surface area contributed by atoms with Crippen molar-refractivity contribution in [1.29, 1.82) is 0 Å². The molecule has 1 unspecified atom stereocenters. The van der Waals surface area contributed by atoms with Gasteiger partial charge >= 0.3 is 0 Å². The molecule has 1 aliphatic heterocycles. The van der Waals surface area contributed by atoms with Gasteiger partial charge in [0.1, 0.15) is 0 Å². The van der Waals surface area contributed by atoms with Crippen molar-refractivity contribution in [3.8, 4) is 0 Å². The maximum absolute atomic E-state index is 12.6. The van der Waals surface area contributed by atoms with Crippen molar-refractivity contribution < 1.29 is 4.79 Å². The number of aliphatic imine (C=N–C) groups is 1. The number of carbonyl (C=O) groups is 1. The molecule has 0 aromatic carbocycles. The highest BCUT2D eigenvalue weighted by molar-refractivity contribution is 14.0. The Morgan fingerprint density at radius 1 is 1.28 bits per heavy atom. The van der Waals surface area contributed by atoms with E-state index in [2.05, 4.69) is 51.8 Å². The van der Waals surface area contributed by atoms with Gasteiger partial charge in [-0.15, -0.1) is 35.3 Å². The van der Waals surface area contributed by atoms with E-state index in [9.17, 15) is 4.79 Å². The Balaban J connectivity index is 0.00000300. The molecule has 8 heteroatoms. The first-order chi connectivity index (χ1) is 13.7. The Bertz CT molecular complexity index is 625. The fourth-order valence-electron chi connectivity index (χ4n) is 4.06. The van der Waals surface area contributed by atoms with Crippen molar-refractivity contribution in [3.63, 3.8) is 0 Å². The zero-order valence-electron chi connectivity index (χ0n) is 17.7. The normalized spacial score (nSPS) is 19.7.